The molecule has 3 heterocycles. The molecule has 8 aromatic rings. The van der Waals surface area contributed by atoms with Gasteiger partial charge in [0, 0.05) is 32.0 Å². The molecule has 6 heteroatoms. The molecule has 3 aromatic heterocycles. The van der Waals surface area contributed by atoms with Gasteiger partial charge in [-0.25, -0.2) is 0 Å². The number of nitrogens with zero attached hydrogens (tertiary/aromatic N) is 3. The fraction of sp³-hybridized carbons (Fsp3) is 0.269. The van der Waals surface area contributed by atoms with Gasteiger partial charge in [-0.1, -0.05) is 149 Å². The molecule has 0 unspecified atom stereocenters. The van der Waals surface area contributed by atoms with Gasteiger partial charge in [-0.3, -0.25) is 16.3 Å². The number of aryl methyl sites for hydroxylation is 1. The average molecular weight is 974 g/mol. The maximum atomic E-state index is 5.23. The maximum absolute atomic E-state index is 5.23. The largest absolute Gasteiger partial charge is 0.333 e. The molecule has 0 saturated carbocycles. The van der Waals surface area contributed by atoms with Crippen LogP contribution in [0, 0.1) is 24.3 Å². The maximum Gasteiger partial charge on any atom is 0.0798 e. The second-order valence-electron chi connectivity index (χ2n) is 17.4. The standard InChI is InChI=1S/C34H31N2S.C18H24NSi.Ir/c1-21(2)26-18-25(24-11-7-6-8-12-24)19-27(22(3)4)33(26)36-31-14-10-9-13-30(31)35-34(36)29-20-37-32-16-15-23(5)17-28(29)32;1-14(2)11-16-12-17(15-9-7-6-8-10-15)19-13-18(16)20(3,4)5;/h6-19,21-22H,1-5H3;6-9,12-14H,11H2,1-5H3;/q2*-1;. The van der Waals surface area contributed by atoms with Crippen molar-refractivity contribution in [3.63, 3.8) is 0 Å². The van der Waals surface area contributed by atoms with Crippen molar-refractivity contribution in [2.75, 3.05) is 0 Å². The number of para-hydroxylation sites is 2. The number of fused-ring (bicyclic) bond motifs is 2. The van der Waals surface area contributed by atoms with Gasteiger partial charge in [-0.15, -0.1) is 47.3 Å². The Balaban J connectivity index is 0.000000230. The van der Waals surface area contributed by atoms with Gasteiger partial charge >= 0.3 is 0 Å². The van der Waals surface area contributed by atoms with Crippen LogP contribution in [0.3, 0.4) is 0 Å². The second kappa shape index (κ2) is 18.2. The van der Waals surface area contributed by atoms with Crippen molar-refractivity contribution >= 4 is 45.7 Å². The van der Waals surface area contributed by atoms with E-state index >= 15 is 0 Å². The second-order valence-corrected chi connectivity index (χ2v) is 23.3. The first-order valence-corrected chi connectivity index (χ1v) is 24.7. The Labute approximate surface area is 365 Å². The summed E-state index contributed by atoms with van der Waals surface area (Å²) in [5.41, 5.74) is 14.5. The van der Waals surface area contributed by atoms with Crippen LogP contribution >= 0.6 is 11.3 Å². The molecule has 3 nitrogen and oxygen atoms in total. The Bertz CT molecular complexity index is 2600. The molecule has 0 N–H and O–H groups in total. The Morgan fingerprint density at radius 2 is 1.41 bits per heavy atom. The van der Waals surface area contributed by atoms with Crippen LogP contribution in [0.25, 0.3) is 60.6 Å². The molecule has 0 saturated heterocycles. The van der Waals surface area contributed by atoms with Gasteiger partial charge in [0.2, 0.25) is 0 Å². The van der Waals surface area contributed by atoms with E-state index in [1.165, 1.54) is 54.3 Å². The van der Waals surface area contributed by atoms with Crippen molar-refractivity contribution in [3.8, 4) is 39.5 Å². The predicted octanol–water partition coefficient (Wildman–Crippen LogP) is 14.2. The molecule has 8 rings (SSSR count). The molecule has 1 radical (unpaired) electrons. The van der Waals surface area contributed by atoms with Crippen LogP contribution in [0.5, 0.6) is 0 Å². The molecule has 58 heavy (non-hydrogen) atoms. The van der Waals surface area contributed by atoms with Crippen molar-refractivity contribution in [1.82, 2.24) is 14.5 Å². The van der Waals surface area contributed by atoms with Crippen LogP contribution in [-0.4, -0.2) is 22.6 Å². The summed E-state index contributed by atoms with van der Waals surface area (Å²) < 4.78 is 3.65. The average Bonchev–Trinajstić information content (AvgIpc) is 3.78. The van der Waals surface area contributed by atoms with Gasteiger partial charge < -0.3 is 9.55 Å². The van der Waals surface area contributed by atoms with Crippen LogP contribution in [0.15, 0.2) is 121 Å². The van der Waals surface area contributed by atoms with Crippen molar-refractivity contribution in [3.05, 3.63) is 155 Å². The molecule has 0 aliphatic carbocycles. The summed E-state index contributed by atoms with van der Waals surface area (Å²) in [6, 6.07) is 44.3. The van der Waals surface area contributed by atoms with E-state index in [0.717, 1.165) is 40.1 Å². The van der Waals surface area contributed by atoms with Gasteiger partial charge in [0.15, 0.2) is 0 Å². The summed E-state index contributed by atoms with van der Waals surface area (Å²) in [5, 5.41) is 6.33. The number of hydrogen-bond donors (Lipinski definition) is 0. The molecule has 299 valence electrons. The van der Waals surface area contributed by atoms with Crippen molar-refractivity contribution < 1.29 is 20.1 Å². The molecule has 0 fully saturated rings. The summed E-state index contributed by atoms with van der Waals surface area (Å²) in [7, 11) is -1.34. The molecular formula is C52H55IrN3SSi-2. The smallest absolute Gasteiger partial charge is 0.0798 e. The van der Waals surface area contributed by atoms with E-state index in [0.29, 0.717) is 17.8 Å². The Kier molecular flexibility index (Phi) is 13.5. The quantitative estimate of drug-likeness (QED) is 0.107. The molecule has 0 aliphatic heterocycles. The minimum absolute atomic E-state index is 0. The fourth-order valence-corrected chi connectivity index (χ4v) is 10.2. The molecule has 5 aromatic carbocycles. The number of benzene rings is 5. The molecule has 0 amide bonds. The third-order valence-corrected chi connectivity index (χ3v) is 13.6. The van der Waals surface area contributed by atoms with Crippen LogP contribution in [-0.2, 0) is 26.5 Å². The number of imidazole rings is 1. The summed E-state index contributed by atoms with van der Waals surface area (Å²) in [4.78, 5) is 9.92. The van der Waals surface area contributed by atoms with E-state index in [4.69, 9.17) is 4.98 Å². The van der Waals surface area contributed by atoms with Gasteiger partial charge in [-0.05, 0) is 88.5 Å². The third kappa shape index (κ3) is 9.22. The topological polar surface area (TPSA) is 30.7 Å². The number of pyridine rings is 1. The van der Waals surface area contributed by atoms with E-state index in [-0.39, 0.29) is 20.1 Å². The molecule has 0 atom stereocenters. The Hall–Kier alpha value is -4.45. The first-order valence-electron chi connectivity index (χ1n) is 20.4. The number of thiophene rings is 1. The van der Waals surface area contributed by atoms with Crippen LogP contribution in [0.4, 0.5) is 0 Å². The first kappa shape index (κ1) is 43.1. The van der Waals surface area contributed by atoms with Crippen molar-refractivity contribution in [2.24, 2.45) is 5.92 Å². The van der Waals surface area contributed by atoms with Gasteiger partial charge in [0.1, 0.15) is 0 Å². The summed E-state index contributed by atoms with van der Waals surface area (Å²) >= 11 is 1.67. The third-order valence-electron chi connectivity index (χ3n) is 10.6. The van der Waals surface area contributed by atoms with Gasteiger partial charge in [-0.2, -0.15) is 0 Å². The van der Waals surface area contributed by atoms with Crippen LogP contribution in [0.1, 0.15) is 75.6 Å². The fourth-order valence-electron chi connectivity index (χ4n) is 7.77. The molecule has 0 aliphatic rings. The van der Waals surface area contributed by atoms with Crippen molar-refractivity contribution in [2.45, 2.75) is 86.4 Å². The van der Waals surface area contributed by atoms with Crippen LogP contribution in [0.2, 0.25) is 19.6 Å². The molecule has 0 bridgehead atoms. The molecular weight excluding hydrogens is 919 g/mol. The Morgan fingerprint density at radius 1 is 0.741 bits per heavy atom. The zero-order valence-corrected chi connectivity index (χ0v) is 39.8. The van der Waals surface area contributed by atoms with E-state index in [1.807, 2.05) is 18.2 Å². The zero-order chi connectivity index (χ0) is 40.4. The van der Waals surface area contributed by atoms with E-state index in [9.17, 15) is 0 Å². The van der Waals surface area contributed by atoms with E-state index < -0.39 is 8.07 Å². The zero-order valence-electron chi connectivity index (χ0n) is 35.6. The predicted molar refractivity (Wildman–Crippen MR) is 249 cm³/mol. The van der Waals surface area contributed by atoms with Crippen LogP contribution < -0.4 is 5.19 Å². The number of aromatic nitrogens is 3. The summed E-state index contributed by atoms with van der Waals surface area (Å²) in [5.74, 6) is 2.32. The number of hydrogen-bond acceptors (Lipinski definition) is 3. The number of rotatable bonds is 9. The van der Waals surface area contributed by atoms with Crippen molar-refractivity contribution in [1.29, 1.82) is 0 Å². The van der Waals surface area contributed by atoms with Gasteiger partial charge in [0.05, 0.1) is 24.9 Å². The Morgan fingerprint density at radius 3 is 2.05 bits per heavy atom. The minimum atomic E-state index is -1.34. The van der Waals surface area contributed by atoms with Gasteiger partial charge in [0.25, 0.3) is 0 Å². The SMILES string of the molecule is CC(C)Cc1cc(-c2[c-]cccc2)ncc1[Si](C)(C)C.Cc1ccc2s[c-]c(-c3nc4ccccc4n3-c3c(C(C)C)cc(-c4ccccc4)cc3C(C)C)c2c1.[Ir]. The van der Waals surface area contributed by atoms with E-state index in [1.54, 1.807) is 11.3 Å². The summed E-state index contributed by atoms with van der Waals surface area (Å²) in [6.07, 6.45) is 3.24. The van der Waals surface area contributed by atoms with E-state index in [2.05, 4.69) is 192 Å². The monoisotopic (exact) mass is 974 g/mol. The normalized spacial score (nSPS) is 11.7. The minimum Gasteiger partial charge on any atom is -0.333 e. The first-order chi connectivity index (χ1) is 27.3. The summed E-state index contributed by atoms with van der Waals surface area (Å²) in [6.45, 7) is 23.1. The molecule has 0 spiro atoms.